The highest BCUT2D eigenvalue weighted by Gasteiger charge is 2.36. The summed E-state index contributed by atoms with van der Waals surface area (Å²) >= 11 is 0. The lowest BCUT2D eigenvalue weighted by molar-refractivity contribution is -0.114. The molecular weight excluding hydrogens is 352 g/mol. The summed E-state index contributed by atoms with van der Waals surface area (Å²) in [6.07, 6.45) is 15.8. The molecule has 2 aliphatic rings. The highest BCUT2D eigenvalue weighted by molar-refractivity contribution is 5.81. The highest BCUT2D eigenvalue weighted by atomic mass is 16.3. The average Bonchev–Trinajstić information content (AvgIpc) is 2.73. The van der Waals surface area contributed by atoms with E-state index >= 15 is 0 Å². The van der Waals surface area contributed by atoms with Crippen molar-refractivity contribution in [3.8, 4) is 0 Å². The van der Waals surface area contributed by atoms with Crippen LogP contribution in [0.15, 0.2) is 0 Å². The molecule has 0 bridgehead atoms. The molecule has 0 aromatic heterocycles. The summed E-state index contributed by atoms with van der Waals surface area (Å²) in [4.78, 5) is 12.3. The Balaban J connectivity index is 1.96. The van der Waals surface area contributed by atoms with Gasteiger partial charge < -0.3 is 25.9 Å². The van der Waals surface area contributed by atoms with Gasteiger partial charge in [0, 0.05) is 19.7 Å². The Kier molecular flexibility index (Phi) is 10.3. The van der Waals surface area contributed by atoms with Crippen LogP contribution >= 0.6 is 0 Å². The van der Waals surface area contributed by atoms with Crippen LogP contribution in [0.4, 0.5) is 0 Å². The predicted octanol–water partition coefficient (Wildman–Crippen LogP) is 2.95. The van der Waals surface area contributed by atoms with Crippen molar-refractivity contribution >= 4 is 12.2 Å². The smallest absolute Gasteiger partial charge is 0.188 e. The first-order valence-corrected chi connectivity index (χ1v) is 11.5. The maximum absolute atomic E-state index is 12.3. The van der Waals surface area contributed by atoms with Crippen LogP contribution in [-0.4, -0.2) is 49.1 Å². The third-order valence-corrected chi connectivity index (χ3v) is 6.78. The second-order valence-electron chi connectivity index (χ2n) is 9.03. The van der Waals surface area contributed by atoms with Gasteiger partial charge in [0.25, 0.3) is 0 Å². The van der Waals surface area contributed by atoms with E-state index in [9.17, 15) is 4.79 Å². The van der Waals surface area contributed by atoms with Gasteiger partial charge in [0.05, 0.1) is 5.54 Å². The molecule has 0 aliphatic heterocycles. The highest BCUT2D eigenvalue weighted by Crippen LogP contribution is 2.35. The molecular formula is C22H42N4O2. The van der Waals surface area contributed by atoms with Crippen LogP contribution in [0, 0.1) is 17.2 Å². The maximum atomic E-state index is 12.3. The molecule has 2 saturated carbocycles. The number of aldehydes is 1. The molecule has 6 heteroatoms. The Hall–Kier alpha value is -1.14. The average molecular weight is 395 g/mol. The summed E-state index contributed by atoms with van der Waals surface area (Å²) < 4.78 is 0. The second-order valence-corrected chi connectivity index (χ2v) is 9.03. The minimum absolute atomic E-state index is 0.231. The molecule has 2 aliphatic carbocycles. The van der Waals surface area contributed by atoms with Crippen LogP contribution in [0.1, 0.15) is 83.5 Å². The molecule has 0 unspecified atom stereocenters. The zero-order valence-electron chi connectivity index (χ0n) is 17.8. The van der Waals surface area contributed by atoms with Crippen molar-refractivity contribution in [2.24, 2.45) is 11.8 Å². The van der Waals surface area contributed by atoms with E-state index in [0.717, 1.165) is 57.3 Å². The molecule has 0 aromatic carbocycles. The van der Waals surface area contributed by atoms with Crippen molar-refractivity contribution in [2.45, 2.75) is 95.1 Å². The first kappa shape index (κ1) is 23.1. The van der Waals surface area contributed by atoms with Crippen LogP contribution in [0.25, 0.3) is 0 Å². The first-order valence-electron chi connectivity index (χ1n) is 11.5. The molecule has 0 heterocycles. The number of guanidine groups is 1. The molecule has 2 rings (SSSR count). The second kappa shape index (κ2) is 12.4. The van der Waals surface area contributed by atoms with E-state index in [0.29, 0.717) is 12.0 Å². The van der Waals surface area contributed by atoms with Gasteiger partial charge in [-0.1, -0.05) is 44.9 Å². The van der Waals surface area contributed by atoms with Crippen molar-refractivity contribution in [2.75, 3.05) is 20.2 Å². The zero-order chi connectivity index (χ0) is 20.2. The normalized spacial score (nSPS) is 25.6. The molecule has 6 nitrogen and oxygen atoms in total. The standard InChI is InChI=1S/C22H42N4O2/c1-24-21(23)26-22(17-28,12-11-18-7-3-2-4-8-18)16-19-9-5-10-20(15-19)25-13-6-14-27/h17-20,25,27H,2-16H2,1H3,(H3,23,24,26)/t19-,20+,22+/m0/s1. The van der Waals surface area contributed by atoms with Crippen molar-refractivity contribution < 1.29 is 9.90 Å². The molecule has 0 radical (unpaired) electrons. The van der Waals surface area contributed by atoms with E-state index in [4.69, 9.17) is 10.5 Å². The summed E-state index contributed by atoms with van der Waals surface area (Å²) in [5, 5.41) is 26.7. The summed E-state index contributed by atoms with van der Waals surface area (Å²) in [5.41, 5.74) is -0.630. The monoisotopic (exact) mass is 394 g/mol. The molecule has 5 N–H and O–H groups in total. The molecule has 28 heavy (non-hydrogen) atoms. The minimum atomic E-state index is -0.630. The van der Waals surface area contributed by atoms with Crippen LogP contribution in [-0.2, 0) is 4.79 Å². The van der Waals surface area contributed by atoms with Gasteiger partial charge in [-0.2, -0.15) is 0 Å². The number of carbonyl (C=O) groups excluding carboxylic acids is 1. The number of rotatable bonds is 11. The van der Waals surface area contributed by atoms with Gasteiger partial charge in [-0.05, 0) is 56.9 Å². The fourth-order valence-electron chi connectivity index (χ4n) is 5.16. The molecule has 0 aromatic rings. The molecule has 0 spiro atoms. The Bertz CT molecular complexity index is 467. The number of aliphatic hydroxyl groups is 1. The first-order chi connectivity index (χ1) is 13.6. The number of nitrogens with one attached hydrogen (secondary N) is 4. The van der Waals surface area contributed by atoms with Gasteiger partial charge in [0.1, 0.15) is 6.29 Å². The summed E-state index contributed by atoms with van der Waals surface area (Å²) in [6.45, 7) is 1.09. The lowest BCUT2D eigenvalue weighted by Crippen LogP contribution is -2.54. The van der Waals surface area contributed by atoms with Crippen LogP contribution in [0.3, 0.4) is 0 Å². The molecule has 0 saturated heterocycles. The predicted molar refractivity (Wildman–Crippen MR) is 115 cm³/mol. The van der Waals surface area contributed by atoms with Gasteiger partial charge in [0.2, 0.25) is 0 Å². The van der Waals surface area contributed by atoms with Crippen LogP contribution in [0.2, 0.25) is 0 Å². The Morgan fingerprint density at radius 3 is 2.57 bits per heavy atom. The van der Waals surface area contributed by atoms with Crippen molar-refractivity contribution in [1.29, 1.82) is 5.41 Å². The third-order valence-electron chi connectivity index (χ3n) is 6.78. The van der Waals surface area contributed by atoms with Gasteiger partial charge in [0.15, 0.2) is 5.96 Å². The number of hydrogen-bond donors (Lipinski definition) is 5. The van der Waals surface area contributed by atoms with E-state index in [1.807, 2.05) is 0 Å². The number of aliphatic hydroxyl groups excluding tert-OH is 1. The van der Waals surface area contributed by atoms with Gasteiger partial charge >= 0.3 is 0 Å². The summed E-state index contributed by atoms with van der Waals surface area (Å²) in [6, 6.07) is 0.483. The molecule has 3 atom stereocenters. The van der Waals surface area contributed by atoms with E-state index in [-0.39, 0.29) is 12.6 Å². The van der Waals surface area contributed by atoms with E-state index in [1.165, 1.54) is 44.9 Å². The SMILES string of the molecule is CNC(=N)N[C@](C=O)(CCC1CCCCC1)C[C@H]1CCC[C@@H](NCCCO)C1. The van der Waals surface area contributed by atoms with Gasteiger partial charge in [-0.25, -0.2) is 0 Å². The molecule has 0 amide bonds. The topological polar surface area (TPSA) is 97.2 Å². The Morgan fingerprint density at radius 1 is 1.14 bits per heavy atom. The lowest BCUT2D eigenvalue weighted by atomic mass is 9.74. The van der Waals surface area contributed by atoms with E-state index in [2.05, 4.69) is 16.0 Å². The van der Waals surface area contributed by atoms with Gasteiger partial charge in [-0.3, -0.25) is 5.41 Å². The fraction of sp³-hybridized carbons (Fsp3) is 0.909. The van der Waals surface area contributed by atoms with Crippen LogP contribution < -0.4 is 16.0 Å². The Morgan fingerprint density at radius 2 is 1.89 bits per heavy atom. The summed E-state index contributed by atoms with van der Waals surface area (Å²) in [7, 11) is 1.73. The van der Waals surface area contributed by atoms with E-state index < -0.39 is 5.54 Å². The fourth-order valence-corrected chi connectivity index (χ4v) is 5.16. The van der Waals surface area contributed by atoms with Crippen LogP contribution in [0.5, 0.6) is 0 Å². The van der Waals surface area contributed by atoms with Gasteiger partial charge in [-0.15, -0.1) is 0 Å². The zero-order valence-corrected chi connectivity index (χ0v) is 17.8. The largest absolute Gasteiger partial charge is 0.396 e. The van der Waals surface area contributed by atoms with Crippen molar-refractivity contribution in [1.82, 2.24) is 16.0 Å². The third kappa shape index (κ3) is 7.70. The Labute approximate surface area is 171 Å². The number of hydrogen-bond acceptors (Lipinski definition) is 4. The summed E-state index contributed by atoms with van der Waals surface area (Å²) in [5.74, 6) is 1.47. The lowest BCUT2D eigenvalue weighted by Gasteiger charge is -2.38. The molecule has 162 valence electrons. The minimum Gasteiger partial charge on any atom is -0.396 e. The quantitative estimate of drug-likeness (QED) is 0.161. The number of carbonyl (C=O) groups is 1. The molecule has 2 fully saturated rings. The van der Waals surface area contributed by atoms with Crippen molar-refractivity contribution in [3.05, 3.63) is 0 Å². The van der Waals surface area contributed by atoms with E-state index in [1.54, 1.807) is 7.05 Å². The van der Waals surface area contributed by atoms with Crippen molar-refractivity contribution in [3.63, 3.8) is 0 Å². The maximum Gasteiger partial charge on any atom is 0.188 e.